The molecule has 9 heteroatoms. The second-order valence-corrected chi connectivity index (χ2v) is 8.79. The number of anilines is 3. The number of halogens is 1. The maximum atomic E-state index is 6.28. The topological polar surface area (TPSA) is 74.5 Å². The molecule has 3 aromatic heterocycles. The fourth-order valence-electron chi connectivity index (χ4n) is 4.43. The van der Waals surface area contributed by atoms with Crippen LogP contribution in [-0.2, 0) is 0 Å². The zero-order valence-corrected chi connectivity index (χ0v) is 19.4. The van der Waals surface area contributed by atoms with Crippen LogP contribution in [0.5, 0.6) is 0 Å². The van der Waals surface area contributed by atoms with Gasteiger partial charge in [-0.25, -0.2) is 4.98 Å². The number of pyridine rings is 1. The molecule has 1 saturated heterocycles. The Kier molecular flexibility index (Phi) is 5.24. The molecule has 0 aliphatic carbocycles. The summed E-state index contributed by atoms with van der Waals surface area (Å²) in [5, 5.41) is 13.2. The molecule has 0 atom stereocenters. The predicted molar refractivity (Wildman–Crippen MR) is 136 cm³/mol. The van der Waals surface area contributed by atoms with Crippen molar-refractivity contribution in [3.63, 3.8) is 0 Å². The molecule has 0 amide bonds. The van der Waals surface area contributed by atoms with E-state index in [-0.39, 0.29) is 0 Å². The van der Waals surface area contributed by atoms with E-state index < -0.39 is 0 Å². The highest BCUT2D eigenvalue weighted by Crippen LogP contribution is 2.33. The van der Waals surface area contributed by atoms with Crippen LogP contribution < -0.4 is 15.1 Å². The van der Waals surface area contributed by atoms with Crippen molar-refractivity contribution in [3.8, 4) is 11.1 Å². The van der Waals surface area contributed by atoms with Crippen molar-refractivity contribution in [1.29, 1.82) is 0 Å². The Morgan fingerprint density at radius 2 is 1.88 bits per heavy atom. The number of rotatable bonds is 4. The number of piperazine rings is 1. The Labute approximate surface area is 201 Å². The fourth-order valence-corrected chi connectivity index (χ4v) is 4.60. The van der Waals surface area contributed by atoms with E-state index in [1.807, 2.05) is 35.8 Å². The Morgan fingerprint density at radius 3 is 2.71 bits per heavy atom. The Morgan fingerprint density at radius 1 is 1.00 bits per heavy atom. The molecule has 8 nitrogen and oxygen atoms in total. The Hall–Kier alpha value is -3.75. The molecule has 0 unspecified atom stereocenters. The van der Waals surface area contributed by atoms with Crippen molar-refractivity contribution >= 4 is 45.6 Å². The summed E-state index contributed by atoms with van der Waals surface area (Å²) in [6.07, 6.45) is 3.61. The Bertz CT molecular complexity index is 1470. The first-order valence-corrected chi connectivity index (χ1v) is 11.6. The largest absolute Gasteiger partial charge is 0.354 e. The number of aromatic nitrogens is 5. The van der Waals surface area contributed by atoms with E-state index in [9.17, 15) is 0 Å². The van der Waals surface area contributed by atoms with Gasteiger partial charge in [0, 0.05) is 61.1 Å². The molecule has 0 spiro atoms. The number of hydrogen-bond acceptors (Lipinski definition) is 7. The molecule has 4 heterocycles. The summed E-state index contributed by atoms with van der Waals surface area (Å²) in [5.41, 5.74) is 4.09. The van der Waals surface area contributed by atoms with Crippen molar-refractivity contribution in [3.05, 3.63) is 72.1 Å². The van der Waals surface area contributed by atoms with E-state index in [1.165, 1.54) is 0 Å². The minimum Gasteiger partial charge on any atom is -0.354 e. The van der Waals surface area contributed by atoms with E-state index in [4.69, 9.17) is 21.6 Å². The first kappa shape index (κ1) is 20.8. The third kappa shape index (κ3) is 3.70. The summed E-state index contributed by atoms with van der Waals surface area (Å²) in [5.74, 6) is 2.34. The van der Waals surface area contributed by atoms with Crippen LogP contribution in [0.25, 0.3) is 27.8 Å². The molecule has 1 fully saturated rings. The van der Waals surface area contributed by atoms with Crippen molar-refractivity contribution in [2.75, 3.05) is 43.0 Å². The van der Waals surface area contributed by atoms with Gasteiger partial charge >= 0.3 is 0 Å². The van der Waals surface area contributed by atoms with Crippen molar-refractivity contribution < 1.29 is 0 Å². The van der Waals surface area contributed by atoms with E-state index in [1.54, 1.807) is 6.33 Å². The van der Waals surface area contributed by atoms with Crippen molar-refractivity contribution in [2.45, 2.75) is 0 Å². The molecule has 2 aromatic carbocycles. The van der Waals surface area contributed by atoms with Gasteiger partial charge in [0.05, 0.1) is 5.52 Å². The third-order valence-electron chi connectivity index (χ3n) is 6.27. The average Bonchev–Trinajstić information content (AvgIpc) is 3.38. The van der Waals surface area contributed by atoms with E-state index >= 15 is 0 Å². The summed E-state index contributed by atoms with van der Waals surface area (Å²) in [6.45, 7) is 3.95. The van der Waals surface area contributed by atoms with Crippen molar-refractivity contribution in [1.82, 2.24) is 29.9 Å². The van der Waals surface area contributed by atoms with Gasteiger partial charge in [-0.05, 0) is 48.0 Å². The van der Waals surface area contributed by atoms with Crippen LogP contribution in [-0.4, -0.2) is 57.8 Å². The van der Waals surface area contributed by atoms with Gasteiger partial charge in [0.2, 0.25) is 0 Å². The standard InChI is InChI=1S/C25H23ClN8/c1-32(24-21-7-6-19(26)14-22(21)34-16-29-31-25(34)30-24)20-4-2-3-17(13-20)18-5-8-23(28-15-18)33-11-9-27-10-12-33/h2-8,13-16,27H,9-12H2,1H3. The summed E-state index contributed by atoms with van der Waals surface area (Å²) in [7, 11) is 2.01. The van der Waals surface area contributed by atoms with Crippen molar-refractivity contribution in [2.24, 2.45) is 0 Å². The van der Waals surface area contributed by atoms with Gasteiger partial charge in [-0.15, -0.1) is 10.2 Å². The second-order valence-electron chi connectivity index (χ2n) is 8.35. The van der Waals surface area contributed by atoms with E-state index in [0.29, 0.717) is 10.8 Å². The highest BCUT2D eigenvalue weighted by atomic mass is 35.5. The Balaban J connectivity index is 1.36. The van der Waals surface area contributed by atoms with E-state index in [2.05, 4.69) is 61.7 Å². The monoisotopic (exact) mass is 470 g/mol. The molecular weight excluding hydrogens is 448 g/mol. The van der Waals surface area contributed by atoms with Crippen LogP contribution in [0.4, 0.5) is 17.3 Å². The molecule has 170 valence electrons. The first-order chi connectivity index (χ1) is 16.7. The minimum atomic E-state index is 0.528. The molecule has 1 N–H and O–H groups in total. The smallest absolute Gasteiger partial charge is 0.257 e. The zero-order valence-electron chi connectivity index (χ0n) is 18.7. The van der Waals surface area contributed by atoms with Crippen LogP contribution in [0.1, 0.15) is 0 Å². The maximum Gasteiger partial charge on any atom is 0.257 e. The lowest BCUT2D eigenvalue weighted by Crippen LogP contribution is -2.43. The molecule has 0 saturated carbocycles. The van der Waals surface area contributed by atoms with Gasteiger partial charge in [-0.1, -0.05) is 23.7 Å². The lowest BCUT2D eigenvalue weighted by atomic mass is 10.1. The van der Waals surface area contributed by atoms with Crippen LogP contribution >= 0.6 is 11.6 Å². The van der Waals surface area contributed by atoms with Gasteiger partial charge in [-0.2, -0.15) is 4.98 Å². The lowest BCUT2D eigenvalue weighted by Gasteiger charge is -2.28. The molecule has 0 radical (unpaired) electrons. The van der Waals surface area contributed by atoms with E-state index in [0.717, 1.165) is 65.5 Å². The van der Waals surface area contributed by atoms with Gasteiger partial charge in [0.1, 0.15) is 18.0 Å². The summed E-state index contributed by atoms with van der Waals surface area (Å²) < 4.78 is 1.85. The number of nitrogens with zero attached hydrogens (tertiary/aromatic N) is 7. The molecule has 5 aromatic rings. The number of benzene rings is 2. The SMILES string of the molecule is CN(c1cccc(-c2ccc(N3CCNCC3)nc2)c1)c1nc2nncn2c2cc(Cl)ccc12. The van der Waals surface area contributed by atoms with Gasteiger partial charge in [-0.3, -0.25) is 4.40 Å². The second kappa shape index (κ2) is 8.55. The fraction of sp³-hybridized carbons (Fsp3) is 0.200. The van der Waals surface area contributed by atoms with Gasteiger partial charge in [0.15, 0.2) is 0 Å². The highest BCUT2D eigenvalue weighted by molar-refractivity contribution is 6.31. The highest BCUT2D eigenvalue weighted by Gasteiger charge is 2.16. The van der Waals surface area contributed by atoms with Crippen LogP contribution in [0, 0.1) is 0 Å². The summed E-state index contributed by atoms with van der Waals surface area (Å²) in [4.78, 5) is 13.9. The molecule has 1 aliphatic rings. The molecule has 34 heavy (non-hydrogen) atoms. The summed E-state index contributed by atoms with van der Waals surface area (Å²) >= 11 is 6.28. The number of nitrogens with one attached hydrogen (secondary N) is 1. The number of fused-ring (bicyclic) bond motifs is 3. The third-order valence-corrected chi connectivity index (χ3v) is 6.50. The molecule has 0 bridgehead atoms. The van der Waals surface area contributed by atoms with Crippen LogP contribution in [0.3, 0.4) is 0 Å². The lowest BCUT2D eigenvalue weighted by molar-refractivity contribution is 0.585. The normalized spacial score (nSPS) is 14.1. The quantitative estimate of drug-likeness (QED) is 0.422. The van der Waals surface area contributed by atoms with Gasteiger partial charge < -0.3 is 15.1 Å². The van der Waals surface area contributed by atoms with Crippen LogP contribution in [0.15, 0.2) is 67.1 Å². The average molecular weight is 471 g/mol. The molecule has 6 rings (SSSR count). The molecule has 1 aliphatic heterocycles. The molecular formula is C25H23ClN8. The number of hydrogen-bond donors (Lipinski definition) is 1. The first-order valence-electron chi connectivity index (χ1n) is 11.2. The maximum absolute atomic E-state index is 6.28. The van der Waals surface area contributed by atoms with Gasteiger partial charge in [0.25, 0.3) is 5.78 Å². The van der Waals surface area contributed by atoms with Crippen LogP contribution in [0.2, 0.25) is 5.02 Å². The minimum absolute atomic E-state index is 0.528. The summed E-state index contributed by atoms with van der Waals surface area (Å²) in [6, 6.07) is 18.4. The predicted octanol–water partition coefficient (Wildman–Crippen LogP) is 4.17. The zero-order chi connectivity index (χ0) is 23.1.